The molecule has 0 saturated heterocycles. The number of halogens is 1. The zero-order valence-corrected chi connectivity index (χ0v) is 9.82. The molecular weight excluding hydrogens is 233 g/mol. The molecule has 94 valence electrons. The van der Waals surface area contributed by atoms with E-state index in [1.807, 2.05) is 0 Å². The molecule has 2 aromatic rings. The van der Waals surface area contributed by atoms with Crippen LogP contribution in [0.4, 0.5) is 4.39 Å². The van der Waals surface area contributed by atoms with Gasteiger partial charge in [0.1, 0.15) is 11.6 Å². The van der Waals surface area contributed by atoms with Crippen LogP contribution in [0.1, 0.15) is 17.1 Å². The van der Waals surface area contributed by atoms with Gasteiger partial charge >= 0.3 is 0 Å². The van der Waals surface area contributed by atoms with Gasteiger partial charge in [0.15, 0.2) is 0 Å². The molecule has 3 N–H and O–H groups in total. The Morgan fingerprint density at radius 3 is 2.83 bits per heavy atom. The SMILES string of the molecule is NCCc1cc(=O)[nH]c(Cc2ccccc2F)n1. The van der Waals surface area contributed by atoms with Gasteiger partial charge in [-0.25, -0.2) is 9.37 Å². The Kier molecular flexibility index (Phi) is 3.84. The highest BCUT2D eigenvalue weighted by atomic mass is 19.1. The van der Waals surface area contributed by atoms with Crippen molar-refractivity contribution in [2.24, 2.45) is 5.73 Å². The van der Waals surface area contributed by atoms with Crippen molar-refractivity contribution in [3.63, 3.8) is 0 Å². The fourth-order valence-electron chi connectivity index (χ4n) is 1.75. The molecule has 4 nitrogen and oxygen atoms in total. The molecular formula is C13H14FN3O. The minimum atomic E-state index is -0.302. The number of hydrogen-bond acceptors (Lipinski definition) is 3. The molecule has 0 fully saturated rings. The second kappa shape index (κ2) is 5.55. The Labute approximate surface area is 104 Å². The molecule has 1 aromatic carbocycles. The molecule has 0 atom stereocenters. The van der Waals surface area contributed by atoms with Crippen molar-refractivity contribution in [1.29, 1.82) is 0 Å². The van der Waals surface area contributed by atoms with Gasteiger partial charge in [-0.05, 0) is 18.2 Å². The Morgan fingerprint density at radius 2 is 2.11 bits per heavy atom. The number of nitrogens with one attached hydrogen (secondary N) is 1. The normalized spacial score (nSPS) is 10.6. The third-order valence-corrected chi connectivity index (χ3v) is 2.56. The smallest absolute Gasteiger partial charge is 0.251 e. The summed E-state index contributed by atoms with van der Waals surface area (Å²) >= 11 is 0. The molecule has 0 aliphatic rings. The summed E-state index contributed by atoms with van der Waals surface area (Å²) in [5, 5.41) is 0. The van der Waals surface area contributed by atoms with Gasteiger partial charge in [-0.15, -0.1) is 0 Å². The first kappa shape index (κ1) is 12.4. The average Bonchev–Trinajstić information content (AvgIpc) is 2.32. The molecule has 0 spiro atoms. The van der Waals surface area contributed by atoms with Crippen LogP contribution in [0.25, 0.3) is 0 Å². The van der Waals surface area contributed by atoms with Crippen LogP contribution < -0.4 is 11.3 Å². The van der Waals surface area contributed by atoms with Gasteiger partial charge in [0, 0.05) is 24.6 Å². The van der Waals surface area contributed by atoms with E-state index in [1.54, 1.807) is 18.2 Å². The molecule has 1 heterocycles. The van der Waals surface area contributed by atoms with E-state index in [4.69, 9.17) is 5.73 Å². The van der Waals surface area contributed by atoms with Crippen LogP contribution in [0.5, 0.6) is 0 Å². The highest BCUT2D eigenvalue weighted by Crippen LogP contribution is 2.09. The van der Waals surface area contributed by atoms with E-state index in [0.29, 0.717) is 30.0 Å². The predicted molar refractivity (Wildman–Crippen MR) is 66.8 cm³/mol. The summed E-state index contributed by atoms with van der Waals surface area (Å²) in [7, 11) is 0. The van der Waals surface area contributed by atoms with E-state index in [0.717, 1.165) is 0 Å². The van der Waals surface area contributed by atoms with Crippen molar-refractivity contribution in [2.75, 3.05) is 6.54 Å². The number of aromatic amines is 1. The summed E-state index contributed by atoms with van der Waals surface area (Å²) in [4.78, 5) is 18.3. The first-order chi connectivity index (χ1) is 8.69. The maximum Gasteiger partial charge on any atom is 0.251 e. The fraction of sp³-hybridized carbons (Fsp3) is 0.231. The van der Waals surface area contributed by atoms with Crippen LogP contribution in [0.15, 0.2) is 35.1 Å². The molecule has 0 aliphatic carbocycles. The first-order valence-electron chi connectivity index (χ1n) is 5.71. The van der Waals surface area contributed by atoms with Gasteiger partial charge in [0.2, 0.25) is 0 Å². The topological polar surface area (TPSA) is 71.8 Å². The number of rotatable bonds is 4. The van der Waals surface area contributed by atoms with E-state index in [-0.39, 0.29) is 17.8 Å². The Balaban J connectivity index is 2.29. The molecule has 2 rings (SSSR count). The summed E-state index contributed by atoms with van der Waals surface area (Å²) in [6.45, 7) is 0.426. The second-order valence-electron chi connectivity index (χ2n) is 3.99. The average molecular weight is 247 g/mol. The number of benzene rings is 1. The number of aromatic nitrogens is 2. The quantitative estimate of drug-likeness (QED) is 0.846. The molecule has 0 unspecified atom stereocenters. The molecule has 0 radical (unpaired) electrons. The minimum absolute atomic E-state index is 0.236. The second-order valence-corrected chi connectivity index (χ2v) is 3.99. The molecule has 5 heteroatoms. The maximum atomic E-state index is 13.5. The fourth-order valence-corrected chi connectivity index (χ4v) is 1.75. The van der Waals surface area contributed by atoms with Crippen molar-refractivity contribution >= 4 is 0 Å². The van der Waals surface area contributed by atoms with Crippen molar-refractivity contribution in [2.45, 2.75) is 12.8 Å². The number of nitrogens with two attached hydrogens (primary N) is 1. The summed E-state index contributed by atoms with van der Waals surface area (Å²) in [6.07, 6.45) is 0.800. The predicted octanol–water partition coefficient (Wildman–Crippen LogP) is 1.00. The standard InChI is InChI=1S/C13H14FN3O/c14-11-4-2-1-3-9(11)7-12-16-10(5-6-15)8-13(18)17-12/h1-4,8H,5-7,15H2,(H,16,17,18). The van der Waals surface area contributed by atoms with E-state index < -0.39 is 0 Å². The first-order valence-corrected chi connectivity index (χ1v) is 5.71. The zero-order chi connectivity index (χ0) is 13.0. The molecule has 18 heavy (non-hydrogen) atoms. The van der Waals surface area contributed by atoms with Gasteiger partial charge in [-0.1, -0.05) is 18.2 Å². The lowest BCUT2D eigenvalue weighted by Crippen LogP contribution is -2.15. The van der Waals surface area contributed by atoms with Crippen LogP contribution in [-0.2, 0) is 12.8 Å². The van der Waals surface area contributed by atoms with E-state index in [1.165, 1.54) is 12.1 Å². The molecule has 0 bridgehead atoms. The van der Waals surface area contributed by atoms with Crippen molar-refractivity contribution < 1.29 is 4.39 Å². The summed E-state index contributed by atoms with van der Waals surface area (Å²) in [6, 6.07) is 7.85. The van der Waals surface area contributed by atoms with Crippen molar-refractivity contribution in [3.8, 4) is 0 Å². The Bertz CT molecular complexity index is 595. The van der Waals surface area contributed by atoms with Crippen molar-refractivity contribution in [1.82, 2.24) is 9.97 Å². The lowest BCUT2D eigenvalue weighted by molar-refractivity contribution is 0.611. The maximum absolute atomic E-state index is 13.5. The van der Waals surface area contributed by atoms with Crippen molar-refractivity contribution in [3.05, 3.63) is 63.6 Å². The highest BCUT2D eigenvalue weighted by Gasteiger charge is 2.05. The molecule has 0 amide bonds. The van der Waals surface area contributed by atoms with Crippen LogP contribution in [-0.4, -0.2) is 16.5 Å². The van der Waals surface area contributed by atoms with Gasteiger partial charge in [-0.2, -0.15) is 0 Å². The number of hydrogen-bond donors (Lipinski definition) is 2. The molecule has 0 aliphatic heterocycles. The van der Waals surface area contributed by atoms with Crippen LogP contribution in [0, 0.1) is 5.82 Å². The number of H-pyrrole nitrogens is 1. The van der Waals surface area contributed by atoms with Gasteiger partial charge in [0.05, 0.1) is 0 Å². The molecule has 1 aromatic heterocycles. The summed E-state index contributed by atoms with van der Waals surface area (Å²) < 4.78 is 13.5. The van der Waals surface area contributed by atoms with Gasteiger partial charge < -0.3 is 10.7 Å². The third kappa shape index (κ3) is 3.01. The Hall–Kier alpha value is -2.01. The lowest BCUT2D eigenvalue weighted by Gasteiger charge is -2.04. The Morgan fingerprint density at radius 1 is 1.33 bits per heavy atom. The van der Waals surface area contributed by atoms with Crippen LogP contribution >= 0.6 is 0 Å². The van der Waals surface area contributed by atoms with E-state index >= 15 is 0 Å². The third-order valence-electron chi connectivity index (χ3n) is 2.56. The summed E-state index contributed by atoms with van der Waals surface area (Å²) in [5.41, 5.74) is 6.33. The van der Waals surface area contributed by atoms with Crippen LogP contribution in [0.3, 0.4) is 0 Å². The zero-order valence-electron chi connectivity index (χ0n) is 9.82. The molecule has 0 saturated carbocycles. The minimum Gasteiger partial charge on any atom is -0.330 e. The van der Waals surface area contributed by atoms with Gasteiger partial charge in [-0.3, -0.25) is 4.79 Å². The largest absolute Gasteiger partial charge is 0.330 e. The summed E-state index contributed by atoms with van der Waals surface area (Å²) in [5.74, 6) is 0.153. The lowest BCUT2D eigenvalue weighted by atomic mass is 10.1. The monoisotopic (exact) mass is 247 g/mol. The highest BCUT2D eigenvalue weighted by molar-refractivity contribution is 5.21. The van der Waals surface area contributed by atoms with Crippen LogP contribution in [0.2, 0.25) is 0 Å². The van der Waals surface area contributed by atoms with E-state index in [9.17, 15) is 9.18 Å². The van der Waals surface area contributed by atoms with Gasteiger partial charge in [0.25, 0.3) is 5.56 Å². The van der Waals surface area contributed by atoms with E-state index in [2.05, 4.69) is 9.97 Å². The number of nitrogens with zero attached hydrogens (tertiary/aromatic N) is 1.